The summed E-state index contributed by atoms with van der Waals surface area (Å²) in [6.45, 7) is 3.75. The Hall–Kier alpha value is -0.840. The zero-order chi connectivity index (χ0) is 13.4. The molecule has 1 aromatic heterocycles. The number of ether oxygens (including phenoxy) is 2. The van der Waals surface area contributed by atoms with Crippen LogP contribution in [0.1, 0.15) is 31.2 Å². The summed E-state index contributed by atoms with van der Waals surface area (Å²) in [5.74, 6) is 0.833. The number of hydrogen-bond acceptors (Lipinski definition) is 4. The van der Waals surface area contributed by atoms with Gasteiger partial charge in [-0.25, -0.2) is 0 Å². The van der Waals surface area contributed by atoms with E-state index in [1.165, 1.54) is 24.8 Å². The van der Waals surface area contributed by atoms with Gasteiger partial charge in [-0.2, -0.15) is 0 Å². The molecule has 2 aliphatic carbocycles. The summed E-state index contributed by atoms with van der Waals surface area (Å²) in [5, 5.41) is 0. The molecule has 20 heavy (non-hydrogen) atoms. The normalized spacial score (nSPS) is 34.3. The summed E-state index contributed by atoms with van der Waals surface area (Å²) >= 11 is 0. The number of morpholine rings is 1. The summed E-state index contributed by atoms with van der Waals surface area (Å²) in [6.07, 6.45) is 9.23. The van der Waals surface area contributed by atoms with Gasteiger partial charge < -0.3 is 13.9 Å². The highest BCUT2D eigenvalue weighted by Crippen LogP contribution is 2.35. The molecule has 110 valence electrons. The molecule has 0 aromatic carbocycles. The quantitative estimate of drug-likeness (QED) is 0.828. The van der Waals surface area contributed by atoms with E-state index in [1.807, 2.05) is 6.26 Å². The molecule has 0 bridgehead atoms. The van der Waals surface area contributed by atoms with Crippen molar-refractivity contribution in [3.63, 3.8) is 0 Å². The van der Waals surface area contributed by atoms with Crippen molar-refractivity contribution in [2.45, 2.75) is 50.5 Å². The van der Waals surface area contributed by atoms with Crippen LogP contribution in [0.5, 0.6) is 0 Å². The summed E-state index contributed by atoms with van der Waals surface area (Å²) < 4.78 is 17.3. The first-order valence-electron chi connectivity index (χ1n) is 7.88. The lowest BCUT2D eigenvalue weighted by molar-refractivity contribution is -0.116. The standard InChI is InChI=1S/C16H23NO3/c1-2-12(1)11-20-15-4-3-14-16(15)19-8-6-17(14)9-13-5-7-18-10-13/h5,7,10,12,14-16H,1-4,6,8-9,11H2/t14-,15+,16+/m0/s1. The maximum Gasteiger partial charge on any atom is 0.0992 e. The minimum absolute atomic E-state index is 0.273. The van der Waals surface area contributed by atoms with Gasteiger partial charge in [-0.1, -0.05) is 0 Å². The predicted octanol–water partition coefficient (Wildman–Crippen LogP) is 2.44. The molecule has 3 atom stereocenters. The Kier molecular flexibility index (Phi) is 3.54. The zero-order valence-electron chi connectivity index (χ0n) is 11.9. The summed E-state index contributed by atoms with van der Waals surface area (Å²) in [4.78, 5) is 2.54. The summed E-state index contributed by atoms with van der Waals surface area (Å²) in [6, 6.07) is 2.57. The van der Waals surface area contributed by atoms with Crippen LogP contribution in [0.3, 0.4) is 0 Å². The fraction of sp³-hybridized carbons (Fsp3) is 0.750. The Balaban J connectivity index is 1.37. The molecule has 0 radical (unpaired) electrons. The van der Waals surface area contributed by atoms with Crippen LogP contribution in [-0.2, 0) is 16.0 Å². The smallest absolute Gasteiger partial charge is 0.0992 e. The maximum atomic E-state index is 6.11. The molecule has 4 nitrogen and oxygen atoms in total. The van der Waals surface area contributed by atoms with Crippen molar-refractivity contribution < 1.29 is 13.9 Å². The third-order valence-electron chi connectivity index (χ3n) is 4.86. The molecule has 2 heterocycles. The van der Waals surface area contributed by atoms with Crippen molar-refractivity contribution in [3.8, 4) is 0 Å². The molecule has 0 amide bonds. The highest BCUT2D eigenvalue weighted by molar-refractivity contribution is 5.07. The van der Waals surface area contributed by atoms with Crippen molar-refractivity contribution in [1.29, 1.82) is 0 Å². The average Bonchev–Trinajstić information content (AvgIpc) is 2.98. The lowest BCUT2D eigenvalue weighted by Crippen LogP contribution is -2.51. The molecule has 2 saturated carbocycles. The third-order valence-corrected chi connectivity index (χ3v) is 4.86. The van der Waals surface area contributed by atoms with E-state index in [2.05, 4.69) is 11.0 Å². The number of nitrogens with zero attached hydrogens (tertiary/aromatic N) is 1. The lowest BCUT2D eigenvalue weighted by Gasteiger charge is -2.38. The van der Waals surface area contributed by atoms with Crippen LogP contribution in [0.15, 0.2) is 23.0 Å². The minimum Gasteiger partial charge on any atom is -0.472 e. The second-order valence-electron chi connectivity index (χ2n) is 6.40. The van der Waals surface area contributed by atoms with Gasteiger partial charge in [0.25, 0.3) is 0 Å². The van der Waals surface area contributed by atoms with Gasteiger partial charge in [-0.15, -0.1) is 0 Å². The van der Waals surface area contributed by atoms with Crippen molar-refractivity contribution in [1.82, 2.24) is 4.90 Å². The second kappa shape index (κ2) is 5.51. The molecule has 4 heteroatoms. The molecule has 1 aromatic rings. The van der Waals surface area contributed by atoms with Crippen LogP contribution >= 0.6 is 0 Å². The van der Waals surface area contributed by atoms with Gasteiger partial charge in [-0.3, -0.25) is 4.90 Å². The van der Waals surface area contributed by atoms with Gasteiger partial charge in [0.1, 0.15) is 0 Å². The topological polar surface area (TPSA) is 34.8 Å². The van der Waals surface area contributed by atoms with Gasteiger partial charge >= 0.3 is 0 Å². The fourth-order valence-electron chi connectivity index (χ4n) is 3.53. The van der Waals surface area contributed by atoms with Crippen LogP contribution in [0, 0.1) is 5.92 Å². The van der Waals surface area contributed by atoms with Crippen molar-refractivity contribution >= 4 is 0 Å². The number of furan rings is 1. The van der Waals surface area contributed by atoms with Gasteiger partial charge in [0.05, 0.1) is 31.3 Å². The molecule has 1 saturated heterocycles. The first-order valence-corrected chi connectivity index (χ1v) is 7.88. The molecular formula is C16H23NO3. The Morgan fingerprint density at radius 2 is 2.20 bits per heavy atom. The minimum atomic E-state index is 0.273. The summed E-state index contributed by atoms with van der Waals surface area (Å²) in [5.41, 5.74) is 1.26. The number of hydrogen-bond donors (Lipinski definition) is 0. The lowest BCUT2D eigenvalue weighted by atomic mass is 10.1. The van der Waals surface area contributed by atoms with Gasteiger partial charge in [0, 0.05) is 31.3 Å². The first kappa shape index (κ1) is 12.9. The first-order chi connectivity index (χ1) is 9.90. The van der Waals surface area contributed by atoms with E-state index >= 15 is 0 Å². The molecule has 3 fully saturated rings. The maximum absolute atomic E-state index is 6.11. The van der Waals surface area contributed by atoms with E-state index in [9.17, 15) is 0 Å². The average molecular weight is 277 g/mol. The van der Waals surface area contributed by atoms with Crippen LogP contribution < -0.4 is 0 Å². The molecular weight excluding hydrogens is 254 g/mol. The van der Waals surface area contributed by atoms with Crippen LogP contribution in [0.2, 0.25) is 0 Å². The highest BCUT2D eigenvalue weighted by Gasteiger charge is 2.43. The van der Waals surface area contributed by atoms with E-state index in [0.29, 0.717) is 12.1 Å². The molecule has 0 unspecified atom stereocenters. The highest BCUT2D eigenvalue weighted by atomic mass is 16.5. The third kappa shape index (κ3) is 2.65. The van der Waals surface area contributed by atoms with Crippen LogP contribution in [0.4, 0.5) is 0 Å². The second-order valence-corrected chi connectivity index (χ2v) is 6.40. The van der Waals surface area contributed by atoms with Crippen LogP contribution in [-0.4, -0.2) is 42.9 Å². The van der Waals surface area contributed by atoms with Gasteiger partial charge in [0.15, 0.2) is 0 Å². The van der Waals surface area contributed by atoms with Crippen molar-refractivity contribution in [2.75, 3.05) is 19.8 Å². The zero-order valence-corrected chi connectivity index (χ0v) is 11.9. The Bertz CT molecular complexity index is 429. The van der Waals surface area contributed by atoms with Crippen LogP contribution in [0.25, 0.3) is 0 Å². The Labute approximate surface area is 120 Å². The number of rotatable bonds is 5. The van der Waals surface area contributed by atoms with Crippen molar-refractivity contribution in [3.05, 3.63) is 24.2 Å². The molecule has 1 aliphatic heterocycles. The van der Waals surface area contributed by atoms with E-state index in [1.54, 1.807) is 6.26 Å². The van der Waals surface area contributed by atoms with Gasteiger partial charge in [0.2, 0.25) is 0 Å². The van der Waals surface area contributed by atoms with Crippen molar-refractivity contribution in [2.24, 2.45) is 5.92 Å². The summed E-state index contributed by atoms with van der Waals surface area (Å²) in [7, 11) is 0. The van der Waals surface area contributed by atoms with E-state index in [4.69, 9.17) is 13.9 Å². The fourth-order valence-corrected chi connectivity index (χ4v) is 3.53. The monoisotopic (exact) mass is 277 g/mol. The molecule has 3 aliphatic rings. The van der Waals surface area contributed by atoms with Gasteiger partial charge in [-0.05, 0) is 37.7 Å². The largest absolute Gasteiger partial charge is 0.472 e. The predicted molar refractivity (Wildman–Crippen MR) is 74.3 cm³/mol. The van der Waals surface area contributed by atoms with E-state index < -0.39 is 0 Å². The molecule has 4 rings (SSSR count). The molecule has 0 N–H and O–H groups in total. The van der Waals surface area contributed by atoms with E-state index in [0.717, 1.165) is 38.6 Å². The number of fused-ring (bicyclic) bond motifs is 1. The molecule has 0 spiro atoms. The van der Waals surface area contributed by atoms with E-state index in [-0.39, 0.29) is 6.10 Å². The SMILES string of the molecule is c1cc(CN2CCO[C@H]3[C@H](OCC4CC4)CC[C@@H]32)co1. The Morgan fingerprint density at radius 3 is 3.00 bits per heavy atom. The Morgan fingerprint density at radius 1 is 1.25 bits per heavy atom.